The Kier molecular flexibility index (Phi) is 5.31. The van der Waals surface area contributed by atoms with Crippen LogP contribution in [0.2, 0.25) is 0 Å². The molecule has 0 bridgehead atoms. The summed E-state index contributed by atoms with van der Waals surface area (Å²) in [6.45, 7) is 1.93. The smallest absolute Gasteiger partial charge is 0.253 e. The van der Waals surface area contributed by atoms with Gasteiger partial charge in [-0.3, -0.25) is 9.69 Å². The predicted octanol–water partition coefficient (Wildman–Crippen LogP) is 3.83. The van der Waals surface area contributed by atoms with E-state index in [9.17, 15) is 4.79 Å². The number of carbonyl (C=O) groups is 1. The van der Waals surface area contributed by atoms with Crippen LogP contribution in [0.15, 0.2) is 40.9 Å². The molecule has 2 aliphatic rings. The van der Waals surface area contributed by atoms with E-state index in [1.807, 2.05) is 41.5 Å². The van der Waals surface area contributed by atoms with Crippen LogP contribution in [0, 0.1) is 0 Å². The lowest BCUT2D eigenvalue weighted by atomic mass is 9.98. The van der Waals surface area contributed by atoms with Gasteiger partial charge in [-0.15, -0.1) is 11.3 Å². The molecule has 29 heavy (non-hydrogen) atoms. The van der Waals surface area contributed by atoms with E-state index < -0.39 is 0 Å². The zero-order valence-corrected chi connectivity index (χ0v) is 18.6. The van der Waals surface area contributed by atoms with Crippen molar-refractivity contribution in [3.05, 3.63) is 51.6 Å². The number of amides is 1. The fourth-order valence-corrected chi connectivity index (χ4v) is 4.91. The number of nitrogens with zero attached hydrogens (tertiary/aromatic N) is 3. The van der Waals surface area contributed by atoms with Crippen LogP contribution in [0.1, 0.15) is 42.4 Å². The average molecular weight is 429 g/mol. The van der Waals surface area contributed by atoms with Crippen LogP contribution in [-0.4, -0.2) is 42.1 Å². The third-order valence-corrected chi connectivity index (χ3v) is 6.54. The van der Waals surface area contributed by atoms with E-state index >= 15 is 0 Å². The second kappa shape index (κ2) is 7.76. The first kappa shape index (κ1) is 19.8. The zero-order valence-electron chi connectivity index (χ0n) is 16.9. The maximum Gasteiger partial charge on any atom is 0.253 e. The lowest BCUT2D eigenvalue weighted by Crippen LogP contribution is -2.49. The molecule has 1 aliphatic carbocycles. The number of rotatable bonds is 5. The summed E-state index contributed by atoms with van der Waals surface area (Å²) in [6, 6.07) is 7.28. The summed E-state index contributed by atoms with van der Waals surface area (Å²) < 4.78 is 5.53. The van der Waals surface area contributed by atoms with Gasteiger partial charge in [-0.2, -0.15) is 0 Å². The summed E-state index contributed by atoms with van der Waals surface area (Å²) in [5, 5.41) is 7.08. The highest BCUT2D eigenvalue weighted by atomic mass is 32.1. The highest BCUT2D eigenvalue weighted by molar-refractivity contribution is 7.80. The van der Waals surface area contributed by atoms with Crippen LogP contribution in [0.3, 0.4) is 0 Å². The fraction of sp³-hybridized carbons (Fsp3) is 0.381. The largest absolute Gasteiger partial charge is 0.495 e. The number of hydrogen-bond acceptors (Lipinski definition) is 5. The minimum absolute atomic E-state index is 0.0663. The van der Waals surface area contributed by atoms with Crippen LogP contribution in [0.25, 0.3) is 0 Å². The van der Waals surface area contributed by atoms with E-state index in [-0.39, 0.29) is 11.9 Å². The van der Waals surface area contributed by atoms with E-state index in [1.165, 1.54) is 12.8 Å². The van der Waals surface area contributed by atoms with Gasteiger partial charge < -0.3 is 15.0 Å². The van der Waals surface area contributed by atoms with Gasteiger partial charge in [0, 0.05) is 31.1 Å². The summed E-state index contributed by atoms with van der Waals surface area (Å²) in [5.41, 5.74) is 3.07. The molecule has 1 aromatic heterocycles. The van der Waals surface area contributed by atoms with Crippen LogP contribution in [0.4, 0.5) is 5.69 Å². The van der Waals surface area contributed by atoms with Crippen LogP contribution < -0.4 is 15.0 Å². The summed E-state index contributed by atoms with van der Waals surface area (Å²) in [4.78, 5) is 21.5. The normalized spacial score (nSPS) is 19.2. The van der Waals surface area contributed by atoms with Gasteiger partial charge in [-0.25, -0.2) is 4.98 Å². The van der Waals surface area contributed by atoms with E-state index in [2.05, 4.69) is 5.32 Å². The van der Waals surface area contributed by atoms with E-state index in [4.69, 9.17) is 21.9 Å². The number of benzene rings is 1. The fourth-order valence-electron chi connectivity index (χ4n) is 3.54. The lowest BCUT2D eigenvalue weighted by molar-refractivity contribution is -0.125. The topological polar surface area (TPSA) is 57.7 Å². The Bertz CT molecular complexity index is 994. The number of carbonyl (C=O) groups excluding carboxylic acids is 1. The van der Waals surface area contributed by atoms with E-state index in [1.54, 1.807) is 37.4 Å². The molecule has 1 fully saturated rings. The molecule has 1 saturated carbocycles. The third-order valence-electron chi connectivity index (χ3n) is 5.21. The van der Waals surface area contributed by atoms with Crippen molar-refractivity contribution in [3.63, 3.8) is 0 Å². The van der Waals surface area contributed by atoms with Crippen molar-refractivity contribution in [3.8, 4) is 5.75 Å². The number of allylic oxidation sites excluding steroid dienone is 1. The Morgan fingerprint density at radius 1 is 1.34 bits per heavy atom. The Labute approximate surface area is 180 Å². The maximum absolute atomic E-state index is 13.2. The molecular formula is C21H24N4O2S2. The van der Waals surface area contributed by atoms with Gasteiger partial charge in [0.2, 0.25) is 0 Å². The lowest BCUT2D eigenvalue weighted by Gasteiger charge is -2.38. The van der Waals surface area contributed by atoms with Crippen molar-refractivity contribution in [2.75, 3.05) is 26.1 Å². The molecule has 1 aliphatic heterocycles. The SMILES string of the molecule is COc1ccccc1N1C(=S)NC(c2csc(C3CC3)n2)C(C(=O)N(C)C)=C1C. The molecule has 1 N–H and O–H groups in total. The Morgan fingerprint density at radius 2 is 2.07 bits per heavy atom. The van der Waals surface area contributed by atoms with Gasteiger partial charge in [-0.1, -0.05) is 12.1 Å². The number of ether oxygens (including phenoxy) is 1. The number of thiocarbonyl (C=S) groups is 1. The molecule has 0 spiro atoms. The molecule has 1 amide bonds. The number of thiazole rings is 1. The highest BCUT2D eigenvalue weighted by Crippen LogP contribution is 2.43. The molecule has 0 saturated heterocycles. The Hall–Kier alpha value is -2.45. The molecule has 1 atom stereocenters. The van der Waals surface area contributed by atoms with E-state index in [0.717, 1.165) is 22.1 Å². The minimum Gasteiger partial charge on any atom is -0.495 e. The highest BCUT2D eigenvalue weighted by Gasteiger charge is 2.38. The summed E-state index contributed by atoms with van der Waals surface area (Å²) in [5.74, 6) is 1.20. The molecule has 152 valence electrons. The first-order valence-corrected chi connectivity index (χ1v) is 10.8. The number of hydrogen-bond donors (Lipinski definition) is 1. The van der Waals surface area contributed by atoms with Gasteiger partial charge >= 0.3 is 0 Å². The van der Waals surface area contributed by atoms with Crippen molar-refractivity contribution >= 4 is 40.3 Å². The summed E-state index contributed by atoms with van der Waals surface area (Å²) >= 11 is 7.39. The number of nitrogens with one attached hydrogen (secondary N) is 1. The Morgan fingerprint density at radius 3 is 2.72 bits per heavy atom. The molecule has 8 heteroatoms. The molecule has 1 aromatic carbocycles. The first-order valence-electron chi connectivity index (χ1n) is 9.53. The molecule has 6 nitrogen and oxygen atoms in total. The van der Waals surface area contributed by atoms with Crippen LogP contribution in [-0.2, 0) is 4.79 Å². The standard InChI is InChI=1S/C21H24N4O2S2/c1-12-17(20(26)24(2)3)18(14-11-29-19(22-14)13-9-10-13)23-21(28)25(12)15-7-5-6-8-16(15)27-4/h5-8,11,13,18H,9-10H2,1-4H3,(H,23,28). The summed E-state index contributed by atoms with van der Waals surface area (Å²) in [7, 11) is 5.15. The number of para-hydroxylation sites is 2. The number of anilines is 1. The average Bonchev–Trinajstić information content (AvgIpc) is 3.44. The Balaban J connectivity index is 1.82. The molecule has 1 unspecified atom stereocenters. The summed E-state index contributed by atoms with van der Waals surface area (Å²) in [6.07, 6.45) is 2.40. The molecule has 4 rings (SSSR count). The molecular weight excluding hydrogens is 404 g/mol. The molecule has 2 heterocycles. The molecule has 2 aromatic rings. The predicted molar refractivity (Wildman–Crippen MR) is 119 cm³/mol. The first-order chi connectivity index (χ1) is 13.9. The van der Waals surface area contributed by atoms with Crippen LogP contribution in [0.5, 0.6) is 5.75 Å². The van der Waals surface area contributed by atoms with Crippen molar-refractivity contribution in [2.24, 2.45) is 0 Å². The second-order valence-electron chi connectivity index (χ2n) is 7.47. The monoisotopic (exact) mass is 428 g/mol. The van der Waals surface area contributed by atoms with Crippen molar-refractivity contribution in [1.82, 2.24) is 15.2 Å². The van der Waals surface area contributed by atoms with Crippen molar-refractivity contribution < 1.29 is 9.53 Å². The number of likely N-dealkylation sites (N-methyl/N-ethyl adjacent to an activating group) is 1. The number of aromatic nitrogens is 1. The van der Waals surface area contributed by atoms with Gasteiger partial charge in [0.1, 0.15) is 11.8 Å². The van der Waals surface area contributed by atoms with E-state index in [0.29, 0.717) is 22.4 Å². The molecule has 0 radical (unpaired) electrons. The van der Waals surface area contributed by atoms with Gasteiger partial charge in [0.25, 0.3) is 5.91 Å². The van der Waals surface area contributed by atoms with Crippen LogP contribution >= 0.6 is 23.6 Å². The second-order valence-corrected chi connectivity index (χ2v) is 8.75. The van der Waals surface area contributed by atoms with Gasteiger partial charge in [0.05, 0.1) is 29.1 Å². The van der Waals surface area contributed by atoms with Crippen molar-refractivity contribution in [2.45, 2.75) is 31.7 Å². The maximum atomic E-state index is 13.2. The third kappa shape index (κ3) is 3.62. The minimum atomic E-state index is -0.368. The van der Waals surface area contributed by atoms with Crippen molar-refractivity contribution in [1.29, 1.82) is 0 Å². The van der Waals surface area contributed by atoms with Gasteiger partial charge in [-0.05, 0) is 44.1 Å². The number of methoxy groups -OCH3 is 1. The van der Waals surface area contributed by atoms with Gasteiger partial charge in [0.15, 0.2) is 5.11 Å². The zero-order chi connectivity index (χ0) is 20.7. The quantitative estimate of drug-likeness (QED) is 0.731.